The number of nitrogens with one attached hydrogen (secondary N) is 1. The third kappa shape index (κ3) is 3.84. The Labute approximate surface area is 141 Å². The Hall–Kier alpha value is -0.910. The molecule has 0 aliphatic rings. The third-order valence-corrected chi connectivity index (χ3v) is 4.17. The average molecular weight is 417 g/mol. The molecule has 5 heteroatoms. The van der Waals surface area contributed by atoms with Gasteiger partial charge in [-0.3, -0.25) is 0 Å². The van der Waals surface area contributed by atoms with E-state index in [4.69, 9.17) is 4.74 Å². The van der Waals surface area contributed by atoms with Crippen LogP contribution in [-0.4, -0.2) is 13.7 Å². The first-order chi connectivity index (χ1) is 10.1. The molecule has 0 saturated carbocycles. The largest absolute Gasteiger partial charge is 0.496 e. The third-order valence-electron chi connectivity index (χ3n) is 3.18. The van der Waals surface area contributed by atoms with Crippen molar-refractivity contribution in [2.75, 3.05) is 13.7 Å². The number of methoxy groups -OCH3 is 1. The van der Waals surface area contributed by atoms with E-state index in [1.165, 1.54) is 6.07 Å². The zero-order valence-electron chi connectivity index (χ0n) is 11.8. The lowest BCUT2D eigenvalue weighted by atomic mass is 9.97. The van der Waals surface area contributed by atoms with E-state index in [9.17, 15) is 4.39 Å². The summed E-state index contributed by atoms with van der Waals surface area (Å²) in [6, 6.07) is 10.6. The molecule has 2 rings (SSSR count). The fourth-order valence-corrected chi connectivity index (χ4v) is 2.97. The maximum absolute atomic E-state index is 14.3. The number of hydrogen-bond acceptors (Lipinski definition) is 2. The van der Waals surface area contributed by atoms with Gasteiger partial charge in [0, 0.05) is 20.1 Å². The predicted molar refractivity (Wildman–Crippen MR) is 90.3 cm³/mol. The zero-order chi connectivity index (χ0) is 15.4. The van der Waals surface area contributed by atoms with Gasteiger partial charge in [0.1, 0.15) is 11.6 Å². The fraction of sp³-hybridized carbons (Fsp3) is 0.250. The van der Waals surface area contributed by atoms with Gasteiger partial charge in [-0.1, -0.05) is 44.8 Å². The molecular weight excluding hydrogens is 401 g/mol. The van der Waals surface area contributed by atoms with Crippen LogP contribution < -0.4 is 10.1 Å². The van der Waals surface area contributed by atoms with Gasteiger partial charge >= 0.3 is 0 Å². The Morgan fingerprint density at radius 2 is 1.76 bits per heavy atom. The summed E-state index contributed by atoms with van der Waals surface area (Å²) < 4.78 is 21.4. The number of hydrogen-bond donors (Lipinski definition) is 1. The monoisotopic (exact) mass is 415 g/mol. The maximum Gasteiger partial charge on any atom is 0.129 e. The van der Waals surface area contributed by atoms with Gasteiger partial charge < -0.3 is 10.1 Å². The predicted octanol–water partition coefficient (Wildman–Crippen LogP) is 5.06. The molecule has 0 spiro atoms. The molecule has 0 radical (unpaired) electrons. The lowest BCUT2D eigenvalue weighted by molar-refractivity contribution is 0.403. The van der Waals surface area contributed by atoms with Crippen LogP contribution in [0.4, 0.5) is 4.39 Å². The minimum Gasteiger partial charge on any atom is -0.496 e. The van der Waals surface area contributed by atoms with E-state index in [1.54, 1.807) is 13.2 Å². The van der Waals surface area contributed by atoms with Gasteiger partial charge in [-0.15, -0.1) is 0 Å². The fourth-order valence-electron chi connectivity index (χ4n) is 2.26. The molecule has 0 fully saturated rings. The van der Waals surface area contributed by atoms with Crippen LogP contribution in [0.5, 0.6) is 5.75 Å². The number of ether oxygens (including phenoxy) is 1. The zero-order valence-corrected chi connectivity index (χ0v) is 15.0. The summed E-state index contributed by atoms with van der Waals surface area (Å²) in [6.07, 6.45) is 0. The maximum atomic E-state index is 14.3. The van der Waals surface area contributed by atoms with E-state index in [0.717, 1.165) is 26.8 Å². The van der Waals surface area contributed by atoms with Crippen LogP contribution in [0.15, 0.2) is 45.3 Å². The van der Waals surface area contributed by atoms with E-state index in [0.29, 0.717) is 5.56 Å². The summed E-state index contributed by atoms with van der Waals surface area (Å²) in [4.78, 5) is 0. The molecule has 21 heavy (non-hydrogen) atoms. The van der Waals surface area contributed by atoms with Crippen molar-refractivity contribution < 1.29 is 9.13 Å². The molecule has 0 aliphatic carbocycles. The van der Waals surface area contributed by atoms with Crippen molar-refractivity contribution in [2.45, 2.75) is 13.0 Å². The number of halogens is 3. The van der Waals surface area contributed by atoms with Crippen LogP contribution in [0.2, 0.25) is 0 Å². The Kier molecular flexibility index (Phi) is 5.79. The van der Waals surface area contributed by atoms with E-state index in [-0.39, 0.29) is 11.9 Å². The van der Waals surface area contributed by atoms with Gasteiger partial charge in [0.25, 0.3) is 0 Å². The van der Waals surface area contributed by atoms with Gasteiger partial charge in [0.05, 0.1) is 13.2 Å². The lowest BCUT2D eigenvalue weighted by Gasteiger charge is -2.22. The van der Waals surface area contributed by atoms with Crippen molar-refractivity contribution in [3.05, 3.63) is 62.3 Å². The summed E-state index contributed by atoms with van der Waals surface area (Å²) in [5.74, 6) is 0.476. The molecule has 1 atom stereocenters. The molecule has 2 nitrogen and oxygen atoms in total. The number of benzene rings is 2. The SMILES string of the molecule is CCNC(c1ccc(Br)cc1F)c1cc(Br)ccc1OC. The average Bonchev–Trinajstić information content (AvgIpc) is 2.45. The van der Waals surface area contributed by atoms with E-state index in [1.807, 2.05) is 31.2 Å². The first-order valence-electron chi connectivity index (χ1n) is 6.58. The summed E-state index contributed by atoms with van der Waals surface area (Å²) in [5.41, 5.74) is 1.49. The summed E-state index contributed by atoms with van der Waals surface area (Å²) in [5, 5.41) is 3.32. The Morgan fingerprint density at radius 1 is 1.10 bits per heavy atom. The minimum absolute atomic E-state index is 0.252. The molecular formula is C16H16Br2FNO. The van der Waals surface area contributed by atoms with Crippen molar-refractivity contribution in [3.63, 3.8) is 0 Å². The van der Waals surface area contributed by atoms with Crippen LogP contribution in [0.1, 0.15) is 24.1 Å². The Bertz CT molecular complexity index is 634. The van der Waals surface area contributed by atoms with Crippen molar-refractivity contribution in [1.29, 1.82) is 0 Å². The minimum atomic E-state index is -0.268. The smallest absolute Gasteiger partial charge is 0.129 e. The molecule has 1 unspecified atom stereocenters. The van der Waals surface area contributed by atoms with Crippen molar-refractivity contribution in [2.24, 2.45) is 0 Å². The van der Waals surface area contributed by atoms with Crippen molar-refractivity contribution in [3.8, 4) is 5.75 Å². The van der Waals surface area contributed by atoms with Crippen LogP contribution in [0.3, 0.4) is 0 Å². The molecule has 0 aliphatic heterocycles. The van der Waals surface area contributed by atoms with E-state index >= 15 is 0 Å². The van der Waals surface area contributed by atoms with Gasteiger partial charge in [0.2, 0.25) is 0 Å². The van der Waals surface area contributed by atoms with Gasteiger partial charge in [0.15, 0.2) is 0 Å². The van der Waals surface area contributed by atoms with Crippen molar-refractivity contribution >= 4 is 31.9 Å². The first kappa shape index (κ1) is 16.5. The molecule has 2 aromatic carbocycles. The first-order valence-corrected chi connectivity index (χ1v) is 8.17. The molecule has 0 saturated heterocycles. The highest BCUT2D eigenvalue weighted by molar-refractivity contribution is 9.10. The normalized spacial score (nSPS) is 12.2. The number of rotatable bonds is 5. The molecule has 0 amide bonds. The highest BCUT2D eigenvalue weighted by Gasteiger charge is 2.21. The van der Waals surface area contributed by atoms with Gasteiger partial charge in [-0.2, -0.15) is 0 Å². The van der Waals surface area contributed by atoms with E-state index < -0.39 is 0 Å². The molecule has 2 aromatic rings. The molecule has 112 valence electrons. The van der Waals surface area contributed by atoms with Crippen LogP contribution in [-0.2, 0) is 0 Å². The second-order valence-electron chi connectivity index (χ2n) is 4.54. The molecule has 0 aromatic heterocycles. The van der Waals surface area contributed by atoms with Crippen LogP contribution in [0.25, 0.3) is 0 Å². The van der Waals surface area contributed by atoms with Crippen LogP contribution in [0, 0.1) is 5.82 Å². The summed E-state index contributed by atoms with van der Waals surface area (Å²) in [6.45, 7) is 2.71. The summed E-state index contributed by atoms with van der Waals surface area (Å²) >= 11 is 6.75. The van der Waals surface area contributed by atoms with Crippen LogP contribution >= 0.6 is 31.9 Å². The van der Waals surface area contributed by atoms with Crippen molar-refractivity contribution in [1.82, 2.24) is 5.32 Å². The second-order valence-corrected chi connectivity index (χ2v) is 6.37. The standard InChI is InChI=1S/C16H16Br2FNO/c1-3-20-16(12-6-4-11(18)9-14(12)19)13-8-10(17)5-7-15(13)21-2/h4-9,16,20H,3H2,1-2H3. The highest BCUT2D eigenvalue weighted by Crippen LogP contribution is 2.34. The second kappa shape index (κ2) is 7.38. The molecule has 0 bridgehead atoms. The quantitative estimate of drug-likeness (QED) is 0.735. The molecule has 0 heterocycles. The van der Waals surface area contributed by atoms with Gasteiger partial charge in [-0.05, 0) is 36.9 Å². The Balaban J connectivity index is 2.55. The van der Waals surface area contributed by atoms with Gasteiger partial charge in [-0.25, -0.2) is 4.39 Å². The molecule has 1 N–H and O–H groups in total. The highest BCUT2D eigenvalue weighted by atomic mass is 79.9. The van der Waals surface area contributed by atoms with E-state index in [2.05, 4.69) is 37.2 Å². The topological polar surface area (TPSA) is 21.3 Å². The lowest BCUT2D eigenvalue weighted by Crippen LogP contribution is -2.23. The Morgan fingerprint density at radius 3 is 2.38 bits per heavy atom. The summed E-state index contributed by atoms with van der Waals surface area (Å²) in [7, 11) is 1.62.